The summed E-state index contributed by atoms with van der Waals surface area (Å²) in [7, 11) is 0. The Kier molecular flexibility index (Phi) is 8.09. The van der Waals surface area contributed by atoms with Crippen LogP contribution in [-0.2, 0) is 4.79 Å². The zero-order valence-corrected chi connectivity index (χ0v) is 18.4. The van der Waals surface area contributed by atoms with Crippen LogP contribution in [0.25, 0.3) is 0 Å². The highest BCUT2D eigenvalue weighted by Crippen LogP contribution is 2.53. The van der Waals surface area contributed by atoms with Gasteiger partial charge in [0.1, 0.15) is 0 Å². The van der Waals surface area contributed by atoms with Crippen molar-refractivity contribution in [2.75, 3.05) is 13.1 Å². The van der Waals surface area contributed by atoms with Crippen LogP contribution in [0.15, 0.2) is 0 Å². The van der Waals surface area contributed by atoms with Gasteiger partial charge in [-0.2, -0.15) is 0 Å². The Morgan fingerprint density at radius 2 is 1.96 bits per heavy atom. The molecule has 0 aromatic heterocycles. The van der Waals surface area contributed by atoms with E-state index in [4.69, 9.17) is 16.7 Å². The molecule has 2 saturated carbocycles. The summed E-state index contributed by atoms with van der Waals surface area (Å²) in [5.41, 5.74) is 0.249. The molecule has 3 rings (SSSR count). The van der Waals surface area contributed by atoms with Crippen LogP contribution in [0, 0.1) is 17.3 Å². The topological polar surface area (TPSA) is 60.8 Å². The minimum Gasteiger partial charge on any atom is -0.481 e. The fourth-order valence-electron chi connectivity index (χ4n) is 5.58. The van der Waals surface area contributed by atoms with E-state index < -0.39 is 5.97 Å². The first-order chi connectivity index (χ1) is 13.4. The molecule has 162 valence electrons. The molecule has 1 saturated heterocycles. The lowest BCUT2D eigenvalue weighted by molar-refractivity contribution is -0.137. The number of halogens is 1. The second-order valence-electron chi connectivity index (χ2n) is 10.1. The van der Waals surface area contributed by atoms with Crippen LogP contribution in [-0.4, -0.2) is 51.7 Å². The Balaban J connectivity index is 1.39. The molecule has 5 heteroatoms. The smallest absolute Gasteiger partial charge is 0.303 e. The SMILES string of the molecule is CC(CCCC(=O)O)C[C@H]1C(Cl)CCN1CCC[C@@H](O)C1(CC2CC2)CCC1. The minimum absolute atomic E-state index is 0.121. The van der Waals surface area contributed by atoms with Gasteiger partial charge in [0.05, 0.1) is 11.5 Å². The Hall–Kier alpha value is -0.320. The van der Waals surface area contributed by atoms with Crippen molar-refractivity contribution in [3.63, 3.8) is 0 Å². The third-order valence-electron chi connectivity index (χ3n) is 7.68. The van der Waals surface area contributed by atoms with Crippen LogP contribution in [0.5, 0.6) is 0 Å². The van der Waals surface area contributed by atoms with E-state index in [2.05, 4.69) is 11.8 Å². The third-order valence-corrected chi connectivity index (χ3v) is 8.19. The second-order valence-corrected chi connectivity index (χ2v) is 10.6. The first-order valence-corrected chi connectivity index (χ1v) is 12.1. The Morgan fingerprint density at radius 1 is 1.21 bits per heavy atom. The van der Waals surface area contributed by atoms with E-state index in [1.54, 1.807) is 0 Å². The van der Waals surface area contributed by atoms with E-state index in [1.165, 1.54) is 38.5 Å². The van der Waals surface area contributed by atoms with Crippen LogP contribution < -0.4 is 0 Å². The van der Waals surface area contributed by atoms with Crippen molar-refractivity contribution < 1.29 is 15.0 Å². The Bertz CT molecular complexity index is 506. The van der Waals surface area contributed by atoms with Gasteiger partial charge in [-0.05, 0) is 81.7 Å². The summed E-state index contributed by atoms with van der Waals surface area (Å²) < 4.78 is 0. The Morgan fingerprint density at radius 3 is 2.57 bits per heavy atom. The van der Waals surface area contributed by atoms with Crippen molar-refractivity contribution in [2.45, 2.75) is 108 Å². The van der Waals surface area contributed by atoms with Crippen molar-refractivity contribution in [2.24, 2.45) is 17.3 Å². The molecule has 2 N–H and O–H groups in total. The largest absolute Gasteiger partial charge is 0.481 e. The number of nitrogens with zero attached hydrogens (tertiary/aromatic N) is 1. The van der Waals surface area contributed by atoms with Crippen LogP contribution in [0.1, 0.15) is 90.4 Å². The first kappa shape index (κ1) is 22.4. The van der Waals surface area contributed by atoms with Gasteiger partial charge in [0.2, 0.25) is 0 Å². The first-order valence-electron chi connectivity index (χ1n) is 11.7. The molecule has 4 nitrogen and oxygen atoms in total. The summed E-state index contributed by atoms with van der Waals surface area (Å²) in [6.07, 6.45) is 13.7. The summed E-state index contributed by atoms with van der Waals surface area (Å²) in [5.74, 6) is 0.709. The van der Waals surface area contributed by atoms with Gasteiger partial charge in [0, 0.05) is 12.5 Å². The molecule has 1 aliphatic heterocycles. The number of aliphatic hydroxyl groups is 1. The van der Waals surface area contributed by atoms with Gasteiger partial charge in [0.15, 0.2) is 0 Å². The van der Waals surface area contributed by atoms with Gasteiger partial charge in [-0.25, -0.2) is 0 Å². The number of hydrogen-bond donors (Lipinski definition) is 2. The summed E-state index contributed by atoms with van der Waals surface area (Å²) >= 11 is 6.63. The number of carboxylic acid groups (broad SMARTS) is 1. The van der Waals surface area contributed by atoms with Crippen LogP contribution in [0.2, 0.25) is 0 Å². The summed E-state index contributed by atoms with van der Waals surface area (Å²) in [5, 5.41) is 19.9. The van der Waals surface area contributed by atoms with E-state index in [0.29, 0.717) is 12.0 Å². The van der Waals surface area contributed by atoms with Gasteiger partial charge >= 0.3 is 5.97 Å². The summed E-state index contributed by atoms with van der Waals surface area (Å²) in [6.45, 7) is 4.32. The lowest BCUT2D eigenvalue weighted by atomic mass is 9.61. The highest BCUT2D eigenvalue weighted by atomic mass is 35.5. The lowest BCUT2D eigenvalue weighted by Crippen LogP contribution is -2.42. The van der Waals surface area contributed by atoms with Crippen LogP contribution in [0.3, 0.4) is 0 Å². The molecule has 0 radical (unpaired) electrons. The molecule has 1 heterocycles. The molecule has 0 amide bonds. The lowest BCUT2D eigenvalue weighted by Gasteiger charge is -2.46. The highest BCUT2D eigenvalue weighted by Gasteiger charge is 2.46. The maximum atomic E-state index is 10.9. The molecule has 0 aromatic carbocycles. The van der Waals surface area contributed by atoms with E-state index >= 15 is 0 Å². The van der Waals surface area contributed by atoms with Gasteiger partial charge in [-0.1, -0.05) is 32.6 Å². The number of alkyl halides is 1. The zero-order valence-electron chi connectivity index (χ0n) is 17.6. The number of rotatable bonds is 13. The number of aliphatic hydroxyl groups excluding tert-OH is 1. The van der Waals surface area contributed by atoms with Gasteiger partial charge in [0.25, 0.3) is 0 Å². The number of hydrogen-bond acceptors (Lipinski definition) is 3. The monoisotopic (exact) mass is 413 g/mol. The molecule has 0 bridgehead atoms. The number of carboxylic acids is 1. The molecule has 3 fully saturated rings. The van der Waals surface area contributed by atoms with Gasteiger partial charge < -0.3 is 10.2 Å². The average Bonchev–Trinajstić information content (AvgIpc) is 3.36. The van der Waals surface area contributed by atoms with Crippen molar-refractivity contribution in [3.05, 3.63) is 0 Å². The number of likely N-dealkylation sites (tertiary alicyclic amines) is 1. The summed E-state index contributed by atoms with van der Waals surface area (Å²) in [6, 6.07) is 0.405. The molecular formula is C23H40ClNO3. The number of carbonyl (C=O) groups is 1. The van der Waals surface area contributed by atoms with E-state index in [-0.39, 0.29) is 23.3 Å². The minimum atomic E-state index is -0.700. The predicted molar refractivity (Wildman–Crippen MR) is 114 cm³/mol. The fourth-order valence-corrected chi connectivity index (χ4v) is 5.94. The van der Waals surface area contributed by atoms with Crippen molar-refractivity contribution >= 4 is 17.6 Å². The van der Waals surface area contributed by atoms with Crippen LogP contribution >= 0.6 is 11.6 Å². The third kappa shape index (κ3) is 6.09. The second kappa shape index (κ2) is 10.1. The molecule has 4 atom stereocenters. The Labute approximate surface area is 176 Å². The van der Waals surface area contributed by atoms with E-state index in [1.807, 2.05) is 0 Å². The summed E-state index contributed by atoms with van der Waals surface area (Å²) in [4.78, 5) is 13.2. The van der Waals surface area contributed by atoms with E-state index in [0.717, 1.165) is 57.5 Å². The van der Waals surface area contributed by atoms with Gasteiger partial charge in [-0.3, -0.25) is 9.69 Å². The van der Waals surface area contributed by atoms with E-state index in [9.17, 15) is 9.90 Å². The molecular weight excluding hydrogens is 374 g/mol. The molecule has 0 aromatic rings. The standard InChI is InChI=1S/C23H40ClNO3/c1-17(5-2-7-22(27)28)15-20-19(24)10-14-25(20)13-3-6-21(26)23(11-4-12-23)16-18-8-9-18/h17-21,26H,2-16H2,1H3,(H,27,28)/t17?,19?,20-,21+/m0/s1. The fraction of sp³-hybridized carbons (Fsp3) is 0.957. The maximum absolute atomic E-state index is 10.9. The molecule has 2 aliphatic carbocycles. The normalized spacial score (nSPS) is 29.4. The molecule has 0 spiro atoms. The molecule has 2 unspecified atom stereocenters. The predicted octanol–water partition coefficient (Wildman–Crippen LogP) is 5.06. The maximum Gasteiger partial charge on any atom is 0.303 e. The quantitative estimate of drug-likeness (QED) is 0.414. The van der Waals surface area contributed by atoms with Crippen molar-refractivity contribution in [1.82, 2.24) is 4.90 Å². The van der Waals surface area contributed by atoms with Crippen LogP contribution in [0.4, 0.5) is 0 Å². The molecule has 3 aliphatic rings. The van der Waals surface area contributed by atoms with Gasteiger partial charge in [-0.15, -0.1) is 11.6 Å². The highest BCUT2D eigenvalue weighted by molar-refractivity contribution is 6.21. The number of aliphatic carboxylic acids is 1. The zero-order chi connectivity index (χ0) is 20.1. The van der Waals surface area contributed by atoms with Crippen molar-refractivity contribution in [3.8, 4) is 0 Å². The average molecular weight is 414 g/mol. The van der Waals surface area contributed by atoms with Crippen molar-refractivity contribution in [1.29, 1.82) is 0 Å². The molecule has 28 heavy (non-hydrogen) atoms.